The lowest BCUT2D eigenvalue weighted by Crippen LogP contribution is -2.24. The van der Waals surface area contributed by atoms with Gasteiger partial charge in [-0.25, -0.2) is 0 Å². The summed E-state index contributed by atoms with van der Waals surface area (Å²) in [5.74, 6) is 0. The lowest BCUT2D eigenvalue weighted by atomic mass is 10.2. The Bertz CT molecular complexity index is 548. The molecule has 0 spiro atoms. The van der Waals surface area contributed by atoms with E-state index in [9.17, 15) is 0 Å². The normalized spacial score (nSPS) is 16.8. The summed E-state index contributed by atoms with van der Waals surface area (Å²) in [4.78, 5) is 2.42. The summed E-state index contributed by atoms with van der Waals surface area (Å²) in [5, 5.41) is 10.0. The van der Waals surface area contributed by atoms with Crippen LogP contribution in [0, 0.1) is 0 Å². The van der Waals surface area contributed by atoms with Gasteiger partial charge in [0.1, 0.15) is 5.52 Å². The second-order valence-corrected chi connectivity index (χ2v) is 5.17. The third-order valence-electron chi connectivity index (χ3n) is 3.55. The Hall–Kier alpha value is -1.35. The minimum absolute atomic E-state index is 0.677. The van der Waals surface area contributed by atoms with Crippen LogP contribution < -0.4 is 4.90 Å². The fourth-order valence-corrected chi connectivity index (χ4v) is 2.81. The summed E-state index contributed by atoms with van der Waals surface area (Å²) in [6.45, 7) is 2.21. The van der Waals surface area contributed by atoms with Crippen LogP contribution in [-0.4, -0.2) is 23.3 Å². The third kappa shape index (κ3) is 2.15. The van der Waals surface area contributed by atoms with E-state index in [2.05, 4.69) is 21.2 Å². The van der Waals surface area contributed by atoms with Gasteiger partial charge in [0.15, 0.2) is 0 Å². The molecule has 0 unspecified atom stereocenters. The summed E-state index contributed by atoms with van der Waals surface area (Å²) in [6.07, 6.45) is 7.03. The maximum atomic E-state index is 6.18. The van der Waals surface area contributed by atoms with Crippen molar-refractivity contribution in [3.8, 4) is 0 Å². The Kier molecular flexibility index (Phi) is 3.33. The van der Waals surface area contributed by atoms with Crippen molar-refractivity contribution in [2.75, 3.05) is 18.0 Å². The molecule has 1 aromatic heterocycles. The monoisotopic (exact) mass is 261 g/mol. The van der Waals surface area contributed by atoms with E-state index >= 15 is 0 Å². The van der Waals surface area contributed by atoms with Gasteiger partial charge in [0.2, 0.25) is 0 Å². The average molecular weight is 262 g/mol. The zero-order valence-corrected chi connectivity index (χ0v) is 11.0. The topological polar surface area (TPSA) is 29.0 Å². The van der Waals surface area contributed by atoms with Crippen molar-refractivity contribution < 1.29 is 0 Å². The molecule has 1 aliphatic rings. The molecule has 2 heterocycles. The largest absolute Gasteiger partial charge is 0.370 e. The number of aromatic nitrogens is 2. The first-order valence-electron chi connectivity index (χ1n) is 6.51. The van der Waals surface area contributed by atoms with Crippen molar-refractivity contribution in [3.63, 3.8) is 0 Å². The van der Waals surface area contributed by atoms with Crippen molar-refractivity contribution >= 4 is 28.2 Å². The standard InChI is InChI=1S/C14H16ClN3/c15-12-7-5-6-11-13(10-16-17-14(11)12)18-8-3-1-2-4-9-18/h5-7,10H,1-4,8-9H2. The average Bonchev–Trinajstić information content (AvgIpc) is 2.67. The highest BCUT2D eigenvalue weighted by Crippen LogP contribution is 2.29. The molecule has 2 aromatic rings. The Morgan fingerprint density at radius 2 is 1.83 bits per heavy atom. The van der Waals surface area contributed by atoms with Crippen LogP contribution in [0.3, 0.4) is 0 Å². The van der Waals surface area contributed by atoms with Crippen LogP contribution in [0.25, 0.3) is 10.9 Å². The zero-order valence-electron chi connectivity index (χ0n) is 10.3. The van der Waals surface area contributed by atoms with Crippen molar-refractivity contribution in [3.05, 3.63) is 29.4 Å². The molecule has 94 valence electrons. The summed E-state index contributed by atoms with van der Waals surface area (Å²) in [7, 11) is 0. The Morgan fingerprint density at radius 1 is 1.06 bits per heavy atom. The van der Waals surface area contributed by atoms with E-state index < -0.39 is 0 Å². The molecule has 0 aliphatic carbocycles. The van der Waals surface area contributed by atoms with Gasteiger partial charge >= 0.3 is 0 Å². The van der Waals surface area contributed by atoms with E-state index in [1.54, 1.807) is 0 Å². The quantitative estimate of drug-likeness (QED) is 0.784. The van der Waals surface area contributed by atoms with Gasteiger partial charge in [0, 0.05) is 18.5 Å². The van der Waals surface area contributed by atoms with Crippen LogP contribution in [0.5, 0.6) is 0 Å². The molecule has 0 saturated carbocycles. The smallest absolute Gasteiger partial charge is 0.114 e. The predicted molar refractivity (Wildman–Crippen MR) is 75.2 cm³/mol. The van der Waals surface area contributed by atoms with E-state index in [1.807, 2.05) is 18.3 Å². The molecule has 0 bridgehead atoms. The number of hydrogen-bond donors (Lipinski definition) is 0. The van der Waals surface area contributed by atoms with Gasteiger partial charge in [-0.3, -0.25) is 0 Å². The number of rotatable bonds is 1. The number of fused-ring (bicyclic) bond motifs is 1. The summed E-state index contributed by atoms with van der Waals surface area (Å²) < 4.78 is 0. The van der Waals surface area contributed by atoms with Gasteiger partial charge < -0.3 is 4.90 Å². The van der Waals surface area contributed by atoms with Crippen molar-refractivity contribution in [1.82, 2.24) is 10.2 Å². The highest BCUT2D eigenvalue weighted by molar-refractivity contribution is 6.35. The lowest BCUT2D eigenvalue weighted by molar-refractivity contribution is 0.726. The highest BCUT2D eigenvalue weighted by Gasteiger charge is 2.14. The second kappa shape index (κ2) is 5.11. The number of anilines is 1. The van der Waals surface area contributed by atoms with Gasteiger partial charge in [-0.15, -0.1) is 5.10 Å². The predicted octanol–water partition coefficient (Wildman–Crippen LogP) is 3.66. The van der Waals surface area contributed by atoms with E-state index in [-0.39, 0.29) is 0 Å². The van der Waals surface area contributed by atoms with Crippen molar-refractivity contribution in [2.45, 2.75) is 25.7 Å². The van der Waals surface area contributed by atoms with Crippen LogP contribution in [-0.2, 0) is 0 Å². The molecule has 4 heteroatoms. The van der Waals surface area contributed by atoms with Gasteiger partial charge in [-0.05, 0) is 18.9 Å². The Labute approximate surface area is 112 Å². The molecular weight excluding hydrogens is 246 g/mol. The van der Waals surface area contributed by atoms with Crippen LogP contribution in [0.4, 0.5) is 5.69 Å². The molecule has 1 fully saturated rings. The van der Waals surface area contributed by atoms with E-state index in [0.717, 1.165) is 24.0 Å². The van der Waals surface area contributed by atoms with Gasteiger partial charge in [-0.1, -0.05) is 36.6 Å². The zero-order chi connectivity index (χ0) is 12.4. The van der Waals surface area contributed by atoms with Crippen LogP contribution in [0.15, 0.2) is 24.4 Å². The first-order chi connectivity index (χ1) is 8.86. The number of halogens is 1. The highest BCUT2D eigenvalue weighted by atomic mass is 35.5. The summed E-state index contributed by atoms with van der Waals surface area (Å²) >= 11 is 6.18. The number of hydrogen-bond acceptors (Lipinski definition) is 3. The van der Waals surface area contributed by atoms with Crippen LogP contribution >= 0.6 is 11.6 Å². The van der Waals surface area contributed by atoms with Crippen molar-refractivity contribution in [1.29, 1.82) is 0 Å². The number of benzene rings is 1. The molecule has 18 heavy (non-hydrogen) atoms. The first kappa shape index (κ1) is 11.7. The molecule has 1 saturated heterocycles. The van der Waals surface area contributed by atoms with Gasteiger partial charge in [0.05, 0.1) is 16.9 Å². The van der Waals surface area contributed by atoms with E-state index in [0.29, 0.717) is 5.02 Å². The molecule has 1 aliphatic heterocycles. The minimum Gasteiger partial charge on any atom is -0.370 e. The molecule has 0 amide bonds. The van der Waals surface area contributed by atoms with Gasteiger partial charge in [-0.2, -0.15) is 5.10 Å². The molecular formula is C14H16ClN3. The molecule has 3 rings (SSSR count). The first-order valence-corrected chi connectivity index (χ1v) is 6.89. The fourth-order valence-electron chi connectivity index (χ4n) is 2.60. The molecule has 0 N–H and O–H groups in total. The van der Waals surface area contributed by atoms with Crippen molar-refractivity contribution in [2.24, 2.45) is 0 Å². The SMILES string of the molecule is Clc1cccc2c(N3CCCCCC3)cnnc12. The Balaban J connectivity index is 2.08. The molecule has 0 radical (unpaired) electrons. The molecule has 0 atom stereocenters. The maximum Gasteiger partial charge on any atom is 0.114 e. The Morgan fingerprint density at radius 3 is 2.61 bits per heavy atom. The second-order valence-electron chi connectivity index (χ2n) is 4.77. The van der Waals surface area contributed by atoms with Gasteiger partial charge in [0.25, 0.3) is 0 Å². The third-order valence-corrected chi connectivity index (χ3v) is 3.85. The summed E-state index contributed by atoms with van der Waals surface area (Å²) in [5.41, 5.74) is 1.98. The maximum absolute atomic E-state index is 6.18. The van der Waals surface area contributed by atoms with Crippen LogP contribution in [0.2, 0.25) is 5.02 Å². The van der Waals surface area contributed by atoms with Crippen LogP contribution in [0.1, 0.15) is 25.7 Å². The molecule has 1 aromatic carbocycles. The van der Waals surface area contributed by atoms with E-state index in [1.165, 1.54) is 31.4 Å². The minimum atomic E-state index is 0.677. The number of nitrogens with zero attached hydrogens (tertiary/aromatic N) is 3. The fraction of sp³-hybridized carbons (Fsp3) is 0.429. The lowest BCUT2D eigenvalue weighted by Gasteiger charge is -2.23. The van der Waals surface area contributed by atoms with E-state index in [4.69, 9.17) is 11.6 Å². The summed E-state index contributed by atoms with van der Waals surface area (Å²) in [6, 6.07) is 5.93. The molecule has 3 nitrogen and oxygen atoms in total.